The zero-order chi connectivity index (χ0) is 33.1. The second-order valence-electron chi connectivity index (χ2n) is 11.6. The molecular weight excluding hydrogens is 598 g/mol. The second-order valence-corrected chi connectivity index (χ2v) is 13.4. The number of carbonyl (C=O) groups excluding carboxylic acids is 2. The lowest BCUT2D eigenvalue weighted by atomic mass is 10.0. The number of hydrogen-bond donors (Lipinski definition) is 1. The highest BCUT2D eigenvalue weighted by Crippen LogP contribution is 2.33. The number of hydrogen-bond acceptors (Lipinski definition) is 5. The highest BCUT2D eigenvalue weighted by Gasteiger charge is 2.35. The molecule has 8 nitrogen and oxygen atoms in total. The lowest BCUT2D eigenvalue weighted by molar-refractivity contribution is -0.140. The maximum absolute atomic E-state index is 14.6. The number of ether oxygens (including phenoxy) is 1. The highest BCUT2D eigenvalue weighted by atomic mass is 32.2. The Balaban J connectivity index is 1.82. The van der Waals surface area contributed by atoms with E-state index in [4.69, 9.17) is 4.74 Å². The van der Waals surface area contributed by atoms with Gasteiger partial charge in [0.1, 0.15) is 18.3 Å². The van der Waals surface area contributed by atoms with Crippen LogP contribution < -0.4 is 14.4 Å². The fourth-order valence-corrected chi connectivity index (χ4v) is 6.49. The molecular formula is C37H43N3O5S. The predicted octanol–water partition coefficient (Wildman–Crippen LogP) is 6.00. The van der Waals surface area contributed by atoms with Crippen LogP contribution in [0.4, 0.5) is 5.69 Å². The van der Waals surface area contributed by atoms with Crippen molar-refractivity contribution in [1.82, 2.24) is 10.2 Å². The minimum absolute atomic E-state index is 0.0368. The molecule has 242 valence electrons. The van der Waals surface area contributed by atoms with E-state index < -0.39 is 28.5 Å². The van der Waals surface area contributed by atoms with Gasteiger partial charge in [0.05, 0.1) is 17.2 Å². The van der Waals surface area contributed by atoms with Crippen molar-refractivity contribution in [3.05, 3.63) is 126 Å². The molecule has 1 N–H and O–H groups in total. The molecule has 0 saturated carbocycles. The third-order valence-electron chi connectivity index (χ3n) is 7.47. The van der Waals surface area contributed by atoms with E-state index in [1.807, 2.05) is 82.3 Å². The van der Waals surface area contributed by atoms with Gasteiger partial charge in [0.15, 0.2) is 0 Å². The van der Waals surface area contributed by atoms with Crippen LogP contribution in [0.2, 0.25) is 0 Å². The Morgan fingerprint density at radius 1 is 0.804 bits per heavy atom. The molecule has 0 radical (unpaired) electrons. The lowest BCUT2D eigenvalue weighted by Gasteiger charge is -2.34. The summed E-state index contributed by atoms with van der Waals surface area (Å²) < 4.78 is 35.4. The van der Waals surface area contributed by atoms with Crippen molar-refractivity contribution < 1.29 is 22.7 Å². The van der Waals surface area contributed by atoms with E-state index in [1.54, 1.807) is 42.5 Å². The molecule has 0 unspecified atom stereocenters. The molecule has 46 heavy (non-hydrogen) atoms. The van der Waals surface area contributed by atoms with Gasteiger partial charge in [0.25, 0.3) is 10.0 Å². The molecule has 0 fully saturated rings. The van der Waals surface area contributed by atoms with Crippen LogP contribution in [0.1, 0.15) is 37.5 Å². The van der Waals surface area contributed by atoms with Crippen LogP contribution in [-0.4, -0.2) is 50.9 Å². The quantitative estimate of drug-likeness (QED) is 0.172. The van der Waals surface area contributed by atoms with E-state index in [2.05, 4.69) is 5.32 Å². The topological polar surface area (TPSA) is 96.0 Å². The number of amides is 2. The van der Waals surface area contributed by atoms with Gasteiger partial charge >= 0.3 is 0 Å². The number of anilines is 1. The molecule has 0 aliphatic carbocycles. The van der Waals surface area contributed by atoms with Crippen LogP contribution in [0.25, 0.3) is 0 Å². The molecule has 0 heterocycles. The van der Waals surface area contributed by atoms with Crippen molar-refractivity contribution >= 4 is 27.5 Å². The van der Waals surface area contributed by atoms with Crippen LogP contribution in [0.5, 0.6) is 5.75 Å². The highest BCUT2D eigenvalue weighted by molar-refractivity contribution is 7.92. The van der Waals surface area contributed by atoms with Crippen LogP contribution in [0.15, 0.2) is 114 Å². The summed E-state index contributed by atoms with van der Waals surface area (Å²) in [6.45, 7) is 8.10. The summed E-state index contributed by atoms with van der Waals surface area (Å²) in [5.74, 6) is -0.292. The first-order valence-corrected chi connectivity index (χ1v) is 17.0. The summed E-state index contributed by atoms with van der Waals surface area (Å²) in [6, 6.07) is 31.1. The van der Waals surface area contributed by atoms with Crippen molar-refractivity contribution in [3.63, 3.8) is 0 Å². The molecule has 1 atom stereocenters. The fourth-order valence-electron chi connectivity index (χ4n) is 5.04. The molecule has 0 saturated heterocycles. The molecule has 4 aromatic carbocycles. The molecule has 0 bridgehead atoms. The maximum Gasteiger partial charge on any atom is 0.264 e. The second kappa shape index (κ2) is 16.1. The van der Waals surface area contributed by atoms with Crippen molar-refractivity contribution in [2.24, 2.45) is 5.92 Å². The third-order valence-corrected chi connectivity index (χ3v) is 9.25. The number of para-hydroxylation sites is 2. The molecule has 0 aliphatic rings. The number of benzene rings is 4. The third kappa shape index (κ3) is 8.97. The number of carbonyl (C=O) groups is 2. The fraction of sp³-hybridized carbons (Fsp3) is 0.297. The first kappa shape index (κ1) is 34.2. The molecule has 2 amide bonds. The predicted molar refractivity (Wildman–Crippen MR) is 182 cm³/mol. The van der Waals surface area contributed by atoms with Gasteiger partial charge in [-0.25, -0.2) is 8.42 Å². The molecule has 0 aromatic heterocycles. The number of rotatable bonds is 15. The first-order chi connectivity index (χ1) is 22.1. The van der Waals surface area contributed by atoms with E-state index in [0.717, 1.165) is 21.0 Å². The molecule has 0 spiro atoms. The Kier molecular flexibility index (Phi) is 12.0. The molecule has 4 rings (SSSR count). The summed E-state index contributed by atoms with van der Waals surface area (Å²) in [5, 5.41) is 3.01. The standard InChI is InChI=1S/C37H43N3O5S/c1-5-45-35-19-13-12-18-33(35)40(46(43,44)32-16-10-7-11-17-32)27-36(41)39(26-31-22-20-29(4)21-23-31)34(37(42)38-25-28(2)3)24-30-14-8-6-9-15-30/h6-23,28,34H,5,24-27H2,1-4H3,(H,38,42)/t34-/m1/s1. The summed E-state index contributed by atoms with van der Waals surface area (Å²) in [4.78, 5) is 30.1. The SMILES string of the molecule is CCOc1ccccc1N(CC(=O)N(Cc1ccc(C)cc1)[C@H](Cc1ccccc1)C(=O)NCC(C)C)S(=O)(=O)c1ccccc1. The zero-order valence-corrected chi connectivity index (χ0v) is 27.7. The van der Waals surface area contributed by atoms with E-state index in [-0.39, 0.29) is 35.4 Å². The normalized spacial score (nSPS) is 11.9. The first-order valence-electron chi connectivity index (χ1n) is 15.6. The van der Waals surface area contributed by atoms with Gasteiger partial charge in [-0.2, -0.15) is 0 Å². The monoisotopic (exact) mass is 641 g/mol. The summed E-state index contributed by atoms with van der Waals surface area (Å²) in [6.07, 6.45) is 0.253. The van der Waals surface area contributed by atoms with Crippen LogP contribution in [0, 0.1) is 12.8 Å². The lowest BCUT2D eigenvalue weighted by Crippen LogP contribution is -2.53. The van der Waals surface area contributed by atoms with Crippen molar-refractivity contribution in [2.75, 3.05) is 24.0 Å². The van der Waals surface area contributed by atoms with Gasteiger partial charge < -0.3 is 15.0 Å². The number of aryl methyl sites for hydroxylation is 1. The number of nitrogens with one attached hydrogen (secondary N) is 1. The van der Waals surface area contributed by atoms with Gasteiger partial charge in [-0.05, 0) is 55.2 Å². The van der Waals surface area contributed by atoms with E-state index in [1.165, 1.54) is 17.0 Å². The average molecular weight is 642 g/mol. The average Bonchev–Trinajstić information content (AvgIpc) is 3.06. The van der Waals surface area contributed by atoms with E-state index in [0.29, 0.717) is 18.9 Å². The van der Waals surface area contributed by atoms with Gasteiger partial charge in [0.2, 0.25) is 11.8 Å². The maximum atomic E-state index is 14.6. The summed E-state index contributed by atoms with van der Waals surface area (Å²) >= 11 is 0. The van der Waals surface area contributed by atoms with Gasteiger partial charge in [0, 0.05) is 19.5 Å². The minimum Gasteiger partial charge on any atom is -0.492 e. The van der Waals surface area contributed by atoms with Gasteiger partial charge in [-0.3, -0.25) is 13.9 Å². The Morgan fingerprint density at radius 2 is 1.41 bits per heavy atom. The van der Waals surface area contributed by atoms with Crippen LogP contribution in [0.3, 0.4) is 0 Å². The van der Waals surface area contributed by atoms with Crippen molar-refractivity contribution in [3.8, 4) is 5.75 Å². The van der Waals surface area contributed by atoms with E-state index >= 15 is 0 Å². The summed E-state index contributed by atoms with van der Waals surface area (Å²) in [7, 11) is -4.22. The molecule has 4 aromatic rings. The largest absolute Gasteiger partial charge is 0.492 e. The Bertz CT molecular complexity index is 1680. The van der Waals surface area contributed by atoms with Crippen LogP contribution >= 0.6 is 0 Å². The van der Waals surface area contributed by atoms with Gasteiger partial charge in [-0.15, -0.1) is 0 Å². The molecule has 9 heteroatoms. The zero-order valence-electron chi connectivity index (χ0n) is 26.9. The van der Waals surface area contributed by atoms with Crippen molar-refractivity contribution in [2.45, 2.75) is 51.6 Å². The Hall–Kier alpha value is -4.63. The number of nitrogens with zero attached hydrogens (tertiary/aromatic N) is 2. The van der Waals surface area contributed by atoms with Crippen molar-refractivity contribution in [1.29, 1.82) is 0 Å². The Labute approximate surface area is 273 Å². The van der Waals surface area contributed by atoms with Crippen LogP contribution in [-0.2, 0) is 32.6 Å². The van der Waals surface area contributed by atoms with Gasteiger partial charge in [-0.1, -0.05) is 104 Å². The number of sulfonamides is 1. The Morgan fingerprint density at radius 3 is 2.04 bits per heavy atom. The molecule has 0 aliphatic heterocycles. The summed E-state index contributed by atoms with van der Waals surface area (Å²) in [5.41, 5.74) is 3.00. The van der Waals surface area contributed by atoms with E-state index in [9.17, 15) is 18.0 Å². The minimum atomic E-state index is -4.22. The smallest absolute Gasteiger partial charge is 0.264 e.